The van der Waals surface area contributed by atoms with Crippen LogP contribution in [0, 0.1) is 0 Å². The molecule has 0 bridgehead atoms. The average molecular weight is 255 g/mol. The summed E-state index contributed by atoms with van der Waals surface area (Å²) in [5.41, 5.74) is 5.34. The highest BCUT2D eigenvalue weighted by Gasteiger charge is 2.38. The van der Waals surface area contributed by atoms with Crippen LogP contribution in [-0.2, 0) is 11.3 Å². The fourth-order valence-corrected chi connectivity index (χ4v) is 3.25. The van der Waals surface area contributed by atoms with Crippen molar-refractivity contribution in [3.63, 3.8) is 0 Å². The first-order valence-electron chi connectivity index (χ1n) is 5.91. The molecule has 2 N–H and O–H groups in total. The van der Waals surface area contributed by atoms with Crippen LogP contribution in [0.5, 0.6) is 0 Å². The molecule has 1 aliphatic rings. The maximum absolute atomic E-state index is 6.06. The molecule has 96 valence electrons. The Kier molecular flexibility index (Phi) is 3.18. The second-order valence-electron chi connectivity index (χ2n) is 5.79. The lowest BCUT2D eigenvalue weighted by Gasteiger charge is -2.47. The molecule has 1 saturated heterocycles. The van der Waals surface area contributed by atoms with Crippen molar-refractivity contribution in [2.45, 2.75) is 45.4 Å². The van der Waals surface area contributed by atoms with Gasteiger partial charge in [0.05, 0.1) is 11.2 Å². The number of ether oxygens (including phenoxy) is 1. The Labute approximate surface area is 107 Å². The van der Waals surface area contributed by atoms with E-state index in [1.54, 1.807) is 11.3 Å². The molecule has 0 unspecified atom stereocenters. The van der Waals surface area contributed by atoms with Gasteiger partial charge in [0, 0.05) is 30.7 Å². The lowest BCUT2D eigenvalue weighted by atomic mass is 9.99. The van der Waals surface area contributed by atoms with Crippen molar-refractivity contribution in [1.29, 1.82) is 0 Å². The summed E-state index contributed by atoms with van der Waals surface area (Å²) >= 11 is 1.68. The molecule has 0 aliphatic carbocycles. The van der Waals surface area contributed by atoms with E-state index >= 15 is 0 Å². The van der Waals surface area contributed by atoms with Gasteiger partial charge in [0.2, 0.25) is 0 Å². The molecule has 0 saturated carbocycles. The zero-order valence-electron chi connectivity index (χ0n) is 11.0. The van der Waals surface area contributed by atoms with Gasteiger partial charge in [-0.05, 0) is 27.7 Å². The Morgan fingerprint density at radius 1 is 1.35 bits per heavy atom. The van der Waals surface area contributed by atoms with E-state index in [1.165, 1.54) is 0 Å². The van der Waals surface area contributed by atoms with Gasteiger partial charge in [-0.25, -0.2) is 4.98 Å². The zero-order valence-corrected chi connectivity index (χ0v) is 11.8. The molecule has 0 radical (unpaired) electrons. The number of rotatable bonds is 2. The van der Waals surface area contributed by atoms with Crippen molar-refractivity contribution in [2.24, 2.45) is 5.73 Å². The fourth-order valence-electron chi connectivity index (χ4n) is 2.46. The van der Waals surface area contributed by atoms with Crippen LogP contribution in [-0.4, -0.2) is 29.3 Å². The molecule has 5 heteroatoms. The minimum atomic E-state index is -0.143. The molecule has 0 amide bonds. The van der Waals surface area contributed by atoms with Crippen LogP contribution in [0.15, 0.2) is 6.20 Å². The first-order valence-corrected chi connectivity index (χ1v) is 6.73. The summed E-state index contributed by atoms with van der Waals surface area (Å²) in [6.07, 6.45) is 1.87. The van der Waals surface area contributed by atoms with E-state index in [-0.39, 0.29) is 11.2 Å². The molecule has 17 heavy (non-hydrogen) atoms. The lowest BCUT2D eigenvalue weighted by molar-refractivity contribution is -0.133. The van der Waals surface area contributed by atoms with Crippen molar-refractivity contribution in [3.8, 4) is 0 Å². The van der Waals surface area contributed by atoms with E-state index in [1.807, 2.05) is 6.20 Å². The van der Waals surface area contributed by atoms with Crippen molar-refractivity contribution in [2.75, 3.05) is 18.0 Å². The minimum absolute atomic E-state index is 0.143. The quantitative estimate of drug-likeness (QED) is 0.878. The van der Waals surface area contributed by atoms with Gasteiger partial charge >= 0.3 is 0 Å². The van der Waals surface area contributed by atoms with E-state index < -0.39 is 0 Å². The minimum Gasteiger partial charge on any atom is -0.366 e. The highest BCUT2D eigenvalue weighted by molar-refractivity contribution is 7.15. The molecule has 1 aromatic heterocycles. The monoisotopic (exact) mass is 255 g/mol. The first-order chi connectivity index (χ1) is 7.81. The van der Waals surface area contributed by atoms with Crippen LogP contribution in [0.25, 0.3) is 0 Å². The van der Waals surface area contributed by atoms with Crippen LogP contribution < -0.4 is 10.6 Å². The number of nitrogens with two attached hydrogens (primary N) is 1. The van der Waals surface area contributed by atoms with Crippen LogP contribution in [0.4, 0.5) is 5.13 Å². The topological polar surface area (TPSA) is 51.4 Å². The number of anilines is 1. The van der Waals surface area contributed by atoms with Crippen LogP contribution in [0.2, 0.25) is 0 Å². The van der Waals surface area contributed by atoms with E-state index in [4.69, 9.17) is 10.5 Å². The second-order valence-corrected chi connectivity index (χ2v) is 6.88. The molecular formula is C12H21N3OS. The lowest BCUT2D eigenvalue weighted by Crippen LogP contribution is -2.57. The summed E-state index contributed by atoms with van der Waals surface area (Å²) in [5.74, 6) is 0. The number of thiazole rings is 1. The molecule has 0 atom stereocenters. The van der Waals surface area contributed by atoms with E-state index in [0.29, 0.717) is 6.54 Å². The maximum atomic E-state index is 6.06. The van der Waals surface area contributed by atoms with Gasteiger partial charge in [0.1, 0.15) is 0 Å². The van der Waals surface area contributed by atoms with Crippen molar-refractivity contribution in [3.05, 3.63) is 11.1 Å². The van der Waals surface area contributed by atoms with Gasteiger partial charge in [-0.2, -0.15) is 0 Å². The third-order valence-corrected chi connectivity index (χ3v) is 3.79. The second kappa shape index (κ2) is 4.23. The van der Waals surface area contributed by atoms with Crippen LogP contribution in [0.3, 0.4) is 0 Å². The van der Waals surface area contributed by atoms with Crippen molar-refractivity contribution < 1.29 is 4.74 Å². The third kappa shape index (κ3) is 2.97. The van der Waals surface area contributed by atoms with Gasteiger partial charge in [-0.15, -0.1) is 11.3 Å². The Morgan fingerprint density at radius 2 is 1.94 bits per heavy atom. The zero-order chi connectivity index (χ0) is 12.7. The molecule has 0 spiro atoms. The standard InChI is InChI=1S/C12H21N3OS/c1-11(2)7-15(8-12(3,4)16-11)10-14-6-9(5-13)17-10/h6H,5,7-8,13H2,1-4H3. The molecule has 1 aromatic rings. The molecular weight excluding hydrogens is 234 g/mol. The number of morpholine rings is 1. The van der Waals surface area contributed by atoms with Gasteiger partial charge in [-0.1, -0.05) is 0 Å². The number of hydrogen-bond donors (Lipinski definition) is 1. The van der Waals surface area contributed by atoms with Crippen molar-refractivity contribution >= 4 is 16.5 Å². The van der Waals surface area contributed by atoms with Gasteiger partial charge in [0.15, 0.2) is 5.13 Å². The number of nitrogens with zero attached hydrogens (tertiary/aromatic N) is 2. The molecule has 2 heterocycles. The predicted molar refractivity (Wildman–Crippen MR) is 71.5 cm³/mol. The summed E-state index contributed by atoms with van der Waals surface area (Å²) < 4.78 is 6.06. The fraction of sp³-hybridized carbons (Fsp3) is 0.750. The third-order valence-electron chi connectivity index (χ3n) is 2.71. The van der Waals surface area contributed by atoms with E-state index in [0.717, 1.165) is 23.1 Å². The Hall–Kier alpha value is -0.650. The van der Waals surface area contributed by atoms with Gasteiger partial charge in [0.25, 0.3) is 0 Å². The summed E-state index contributed by atoms with van der Waals surface area (Å²) in [5, 5.41) is 1.05. The van der Waals surface area contributed by atoms with Crippen LogP contribution in [0.1, 0.15) is 32.6 Å². The summed E-state index contributed by atoms with van der Waals surface area (Å²) in [4.78, 5) is 7.88. The molecule has 1 aliphatic heterocycles. The first kappa shape index (κ1) is 12.8. The Bertz CT molecular complexity index is 384. The molecule has 2 rings (SSSR count). The molecule has 0 aromatic carbocycles. The SMILES string of the molecule is CC1(C)CN(c2ncc(CN)s2)CC(C)(C)O1. The number of aromatic nitrogens is 1. The maximum Gasteiger partial charge on any atom is 0.185 e. The summed E-state index contributed by atoms with van der Waals surface area (Å²) in [6, 6.07) is 0. The molecule has 4 nitrogen and oxygen atoms in total. The van der Waals surface area contributed by atoms with Gasteiger partial charge in [-0.3, -0.25) is 0 Å². The van der Waals surface area contributed by atoms with Crippen LogP contribution >= 0.6 is 11.3 Å². The Balaban J connectivity index is 2.20. The van der Waals surface area contributed by atoms with E-state index in [2.05, 4.69) is 37.6 Å². The normalized spacial score (nSPS) is 22.8. The smallest absolute Gasteiger partial charge is 0.185 e. The predicted octanol–water partition coefficient (Wildman–Crippen LogP) is 2.00. The summed E-state index contributed by atoms with van der Waals surface area (Å²) in [7, 11) is 0. The average Bonchev–Trinajstić information content (AvgIpc) is 2.60. The molecule has 1 fully saturated rings. The summed E-state index contributed by atoms with van der Waals surface area (Å²) in [6.45, 7) is 10.8. The largest absolute Gasteiger partial charge is 0.366 e. The highest BCUT2D eigenvalue weighted by atomic mass is 32.1. The van der Waals surface area contributed by atoms with Crippen molar-refractivity contribution in [1.82, 2.24) is 4.98 Å². The highest BCUT2D eigenvalue weighted by Crippen LogP contribution is 2.33. The van der Waals surface area contributed by atoms with Gasteiger partial charge < -0.3 is 15.4 Å². The Morgan fingerprint density at radius 3 is 2.41 bits per heavy atom. The van der Waals surface area contributed by atoms with E-state index in [9.17, 15) is 0 Å². The number of hydrogen-bond acceptors (Lipinski definition) is 5.